The minimum absolute atomic E-state index is 0.121. The van der Waals surface area contributed by atoms with E-state index in [4.69, 9.17) is 4.74 Å². The van der Waals surface area contributed by atoms with Crippen LogP contribution in [0, 0.1) is 6.92 Å². The van der Waals surface area contributed by atoms with Gasteiger partial charge in [-0.05, 0) is 42.8 Å². The molecule has 0 aliphatic carbocycles. The predicted molar refractivity (Wildman–Crippen MR) is 90.4 cm³/mol. The molecule has 0 saturated carbocycles. The van der Waals surface area contributed by atoms with Crippen molar-refractivity contribution in [1.29, 1.82) is 0 Å². The Morgan fingerprint density at radius 2 is 1.73 bits per heavy atom. The van der Waals surface area contributed by atoms with Gasteiger partial charge >= 0.3 is 0 Å². The van der Waals surface area contributed by atoms with Crippen LogP contribution in [0.3, 0.4) is 0 Å². The summed E-state index contributed by atoms with van der Waals surface area (Å²) in [6.07, 6.45) is 0. The van der Waals surface area contributed by atoms with Crippen molar-refractivity contribution in [2.45, 2.75) is 20.8 Å². The van der Waals surface area contributed by atoms with Gasteiger partial charge < -0.3 is 9.72 Å². The van der Waals surface area contributed by atoms with E-state index >= 15 is 0 Å². The molecule has 0 amide bonds. The second kappa shape index (κ2) is 6.89. The number of hydrogen-bond donors (Lipinski definition) is 1. The zero-order chi connectivity index (χ0) is 16.1. The molecule has 0 radical (unpaired) electrons. The van der Waals surface area contributed by atoms with Crippen LogP contribution in [0.1, 0.15) is 19.4 Å². The predicted octanol–water partition coefficient (Wildman–Crippen LogP) is 3.93. The molecular formula is C18H20N2O2. The molecular weight excluding hydrogens is 276 g/mol. The summed E-state index contributed by atoms with van der Waals surface area (Å²) < 4.78 is 5.13. The first kappa shape index (κ1) is 15.8. The molecule has 0 unspecified atom stereocenters. The van der Waals surface area contributed by atoms with Crippen molar-refractivity contribution in [3.05, 3.63) is 58.4 Å². The van der Waals surface area contributed by atoms with Crippen LogP contribution in [0.15, 0.2) is 47.3 Å². The molecule has 1 aromatic heterocycles. The number of nitrogens with zero attached hydrogens (tertiary/aromatic N) is 1. The molecule has 0 saturated heterocycles. The van der Waals surface area contributed by atoms with Crippen LogP contribution >= 0.6 is 0 Å². The van der Waals surface area contributed by atoms with E-state index in [-0.39, 0.29) is 5.56 Å². The number of aromatic amines is 1. The van der Waals surface area contributed by atoms with Crippen molar-refractivity contribution in [2.24, 2.45) is 0 Å². The summed E-state index contributed by atoms with van der Waals surface area (Å²) in [6, 6.07) is 13.0. The van der Waals surface area contributed by atoms with Crippen LogP contribution in [0.4, 0.5) is 0 Å². The molecule has 1 heterocycles. The summed E-state index contributed by atoms with van der Waals surface area (Å²) in [4.78, 5) is 19.5. The Morgan fingerprint density at radius 3 is 2.36 bits per heavy atom. The van der Waals surface area contributed by atoms with Crippen molar-refractivity contribution < 1.29 is 4.74 Å². The fourth-order valence-corrected chi connectivity index (χ4v) is 2.19. The van der Waals surface area contributed by atoms with Crippen LogP contribution in [0.5, 0.6) is 5.75 Å². The van der Waals surface area contributed by atoms with Gasteiger partial charge in [-0.15, -0.1) is 0 Å². The quantitative estimate of drug-likeness (QED) is 0.779. The van der Waals surface area contributed by atoms with Gasteiger partial charge in [-0.3, -0.25) is 4.79 Å². The molecule has 22 heavy (non-hydrogen) atoms. The summed E-state index contributed by atoms with van der Waals surface area (Å²) in [7, 11) is 1.62. The summed E-state index contributed by atoms with van der Waals surface area (Å²) in [5, 5.41) is 0.613. The molecule has 0 aliphatic rings. The molecule has 3 aromatic rings. The van der Waals surface area contributed by atoms with Gasteiger partial charge in [0, 0.05) is 5.56 Å². The number of benzene rings is 2. The molecule has 4 heteroatoms. The highest BCUT2D eigenvalue weighted by Crippen LogP contribution is 2.20. The van der Waals surface area contributed by atoms with E-state index < -0.39 is 0 Å². The molecule has 3 rings (SSSR count). The Labute approximate surface area is 129 Å². The molecule has 2 aromatic carbocycles. The maximum atomic E-state index is 12.1. The Bertz CT molecular complexity index is 821. The maximum absolute atomic E-state index is 12.1. The largest absolute Gasteiger partial charge is 0.497 e. The van der Waals surface area contributed by atoms with E-state index in [9.17, 15) is 4.79 Å². The second-order valence-electron chi connectivity index (χ2n) is 4.61. The molecule has 0 fully saturated rings. The highest BCUT2D eigenvalue weighted by Gasteiger charge is 2.07. The molecule has 4 nitrogen and oxygen atoms in total. The Hall–Kier alpha value is -2.62. The first-order valence-electron chi connectivity index (χ1n) is 7.33. The molecule has 0 bridgehead atoms. The molecule has 1 N–H and O–H groups in total. The van der Waals surface area contributed by atoms with Crippen molar-refractivity contribution in [2.75, 3.05) is 7.11 Å². The van der Waals surface area contributed by atoms with Crippen LogP contribution in [-0.2, 0) is 0 Å². The SMILES string of the molecule is CC.COc1ccc(-c2nc3c(C)cccc3c(=O)[nH]2)cc1. The van der Waals surface area contributed by atoms with Crippen molar-refractivity contribution in [1.82, 2.24) is 9.97 Å². The van der Waals surface area contributed by atoms with Crippen LogP contribution in [-0.4, -0.2) is 17.1 Å². The zero-order valence-corrected chi connectivity index (χ0v) is 13.3. The van der Waals surface area contributed by atoms with E-state index in [1.807, 2.05) is 57.2 Å². The number of aromatic nitrogens is 2. The Kier molecular flexibility index (Phi) is 4.94. The van der Waals surface area contributed by atoms with Gasteiger partial charge in [0.15, 0.2) is 0 Å². The summed E-state index contributed by atoms with van der Waals surface area (Å²) in [6.45, 7) is 5.95. The normalized spacial score (nSPS) is 10.0. The first-order valence-corrected chi connectivity index (χ1v) is 7.33. The number of hydrogen-bond acceptors (Lipinski definition) is 3. The van der Waals surface area contributed by atoms with E-state index in [0.717, 1.165) is 22.4 Å². The van der Waals surface area contributed by atoms with Crippen molar-refractivity contribution >= 4 is 10.9 Å². The molecule has 0 aliphatic heterocycles. The molecule has 114 valence electrons. The number of methoxy groups -OCH3 is 1. The average Bonchev–Trinajstić information content (AvgIpc) is 2.57. The second-order valence-corrected chi connectivity index (χ2v) is 4.61. The third kappa shape index (κ3) is 3.01. The number of rotatable bonds is 2. The van der Waals surface area contributed by atoms with E-state index in [2.05, 4.69) is 9.97 Å². The standard InChI is InChI=1S/C16H14N2O2.C2H6/c1-10-4-3-5-13-14(10)17-15(18-16(13)19)11-6-8-12(20-2)9-7-11;1-2/h3-9H,1-2H3,(H,17,18,19);1-2H3. The third-order valence-corrected chi connectivity index (χ3v) is 3.30. The topological polar surface area (TPSA) is 55.0 Å². The molecule has 0 atom stereocenters. The van der Waals surface area contributed by atoms with Crippen LogP contribution in [0.2, 0.25) is 0 Å². The summed E-state index contributed by atoms with van der Waals surface area (Å²) in [5.41, 5.74) is 2.46. The number of H-pyrrole nitrogens is 1. The highest BCUT2D eigenvalue weighted by atomic mass is 16.5. The smallest absolute Gasteiger partial charge is 0.259 e. The van der Waals surface area contributed by atoms with Crippen LogP contribution in [0.25, 0.3) is 22.3 Å². The number of aryl methyl sites for hydroxylation is 1. The highest BCUT2D eigenvalue weighted by molar-refractivity contribution is 5.82. The molecule has 0 spiro atoms. The van der Waals surface area contributed by atoms with Gasteiger partial charge in [-0.1, -0.05) is 26.0 Å². The number of ether oxygens (including phenoxy) is 1. The lowest BCUT2D eigenvalue weighted by Crippen LogP contribution is -2.10. The van der Waals surface area contributed by atoms with Crippen molar-refractivity contribution in [3.8, 4) is 17.1 Å². The fourth-order valence-electron chi connectivity index (χ4n) is 2.19. The maximum Gasteiger partial charge on any atom is 0.259 e. The number of fused-ring (bicyclic) bond motifs is 1. The van der Waals surface area contributed by atoms with Gasteiger partial charge in [0.1, 0.15) is 11.6 Å². The average molecular weight is 296 g/mol. The Balaban J connectivity index is 0.000000847. The first-order chi connectivity index (χ1) is 10.7. The van der Waals surface area contributed by atoms with Gasteiger partial charge in [-0.25, -0.2) is 4.98 Å². The lowest BCUT2D eigenvalue weighted by Gasteiger charge is -2.06. The van der Waals surface area contributed by atoms with Gasteiger partial charge in [0.2, 0.25) is 0 Å². The minimum Gasteiger partial charge on any atom is -0.497 e. The zero-order valence-electron chi connectivity index (χ0n) is 13.3. The number of nitrogens with one attached hydrogen (secondary N) is 1. The lowest BCUT2D eigenvalue weighted by atomic mass is 10.1. The summed E-state index contributed by atoms with van der Waals surface area (Å²) >= 11 is 0. The van der Waals surface area contributed by atoms with Crippen LogP contribution < -0.4 is 10.3 Å². The lowest BCUT2D eigenvalue weighted by molar-refractivity contribution is 0.415. The van der Waals surface area contributed by atoms with E-state index in [0.29, 0.717) is 11.2 Å². The fraction of sp³-hybridized carbons (Fsp3) is 0.222. The van der Waals surface area contributed by atoms with Gasteiger partial charge in [0.05, 0.1) is 18.0 Å². The van der Waals surface area contributed by atoms with Gasteiger partial charge in [0.25, 0.3) is 5.56 Å². The van der Waals surface area contributed by atoms with Crippen molar-refractivity contribution in [3.63, 3.8) is 0 Å². The minimum atomic E-state index is -0.121. The van der Waals surface area contributed by atoms with Gasteiger partial charge in [-0.2, -0.15) is 0 Å². The number of para-hydroxylation sites is 1. The Morgan fingerprint density at radius 1 is 1.05 bits per heavy atom. The summed E-state index contributed by atoms with van der Waals surface area (Å²) in [5.74, 6) is 1.34. The monoisotopic (exact) mass is 296 g/mol. The third-order valence-electron chi connectivity index (χ3n) is 3.30. The van der Waals surface area contributed by atoms with E-state index in [1.54, 1.807) is 13.2 Å². The van der Waals surface area contributed by atoms with E-state index in [1.165, 1.54) is 0 Å².